The molecule has 0 spiro atoms. The van der Waals surface area contributed by atoms with Gasteiger partial charge in [0.1, 0.15) is 5.65 Å². The highest BCUT2D eigenvalue weighted by molar-refractivity contribution is 5.98. The number of carbonyl (C=O) groups excluding carboxylic acids is 1. The molecule has 1 amide bonds. The molecule has 6 rings (SSSR count). The van der Waals surface area contributed by atoms with Gasteiger partial charge in [-0.2, -0.15) is 5.10 Å². The number of imidazole rings is 1. The van der Waals surface area contributed by atoms with E-state index in [0.29, 0.717) is 11.3 Å². The quantitative estimate of drug-likeness (QED) is 0.317. The minimum absolute atomic E-state index is 0.0743. The highest BCUT2D eigenvalue weighted by Gasteiger charge is 2.21. The Morgan fingerprint density at radius 2 is 1.84 bits per heavy atom. The van der Waals surface area contributed by atoms with E-state index in [-0.39, 0.29) is 5.91 Å². The van der Waals surface area contributed by atoms with Gasteiger partial charge in [0, 0.05) is 52.1 Å². The lowest BCUT2D eigenvalue weighted by Gasteiger charge is -2.17. The molecule has 3 N–H and O–H groups in total. The largest absolute Gasteiger partial charge is 0.338 e. The zero-order valence-electron chi connectivity index (χ0n) is 20.9. The van der Waals surface area contributed by atoms with E-state index in [4.69, 9.17) is 0 Å². The van der Waals surface area contributed by atoms with Gasteiger partial charge >= 0.3 is 0 Å². The van der Waals surface area contributed by atoms with E-state index in [1.807, 2.05) is 56.7 Å². The van der Waals surface area contributed by atoms with Crippen molar-refractivity contribution < 1.29 is 4.79 Å². The van der Waals surface area contributed by atoms with Gasteiger partial charge < -0.3 is 14.9 Å². The minimum Gasteiger partial charge on any atom is -0.338 e. The molecule has 6 heterocycles. The Morgan fingerprint density at radius 1 is 1.00 bits per heavy atom. The van der Waals surface area contributed by atoms with E-state index in [0.717, 1.165) is 50.3 Å². The maximum Gasteiger partial charge on any atom is 0.229 e. The van der Waals surface area contributed by atoms with Crippen molar-refractivity contribution in [3.8, 4) is 28.2 Å². The van der Waals surface area contributed by atoms with E-state index in [2.05, 4.69) is 46.5 Å². The highest BCUT2D eigenvalue weighted by atomic mass is 16.2. The van der Waals surface area contributed by atoms with Crippen molar-refractivity contribution in [2.75, 3.05) is 5.32 Å². The van der Waals surface area contributed by atoms with Crippen LogP contribution in [0.2, 0.25) is 0 Å². The fourth-order valence-electron chi connectivity index (χ4n) is 4.17. The molecule has 184 valence electrons. The van der Waals surface area contributed by atoms with Crippen molar-refractivity contribution in [2.24, 2.45) is 5.41 Å². The number of fused-ring (bicyclic) bond motifs is 2. The number of hydrogen-bond acceptors (Lipinski definition) is 6. The number of pyridine rings is 3. The van der Waals surface area contributed by atoms with Crippen molar-refractivity contribution in [1.29, 1.82) is 0 Å². The predicted octanol–water partition coefficient (Wildman–Crippen LogP) is 5.04. The zero-order chi connectivity index (χ0) is 25.7. The van der Waals surface area contributed by atoms with Gasteiger partial charge in [0.2, 0.25) is 5.91 Å². The van der Waals surface area contributed by atoms with Crippen LogP contribution in [0.1, 0.15) is 26.5 Å². The third-order valence-electron chi connectivity index (χ3n) is 6.19. The van der Waals surface area contributed by atoms with Crippen molar-refractivity contribution in [3.63, 3.8) is 0 Å². The Kier molecular flexibility index (Phi) is 5.11. The van der Waals surface area contributed by atoms with Gasteiger partial charge in [0.15, 0.2) is 5.65 Å². The van der Waals surface area contributed by atoms with Crippen LogP contribution in [0.4, 0.5) is 5.69 Å². The third kappa shape index (κ3) is 4.12. The number of aromatic nitrogens is 8. The minimum atomic E-state index is -0.507. The van der Waals surface area contributed by atoms with Crippen molar-refractivity contribution in [2.45, 2.75) is 27.7 Å². The molecule has 0 atom stereocenters. The normalized spacial score (nSPS) is 11.9. The summed E-state index contributed by atoms with van der Waals surface area (Å²) < 4.78 is 1.99. The molecule has 6 aromatic heterocycles. The summed E-state index contributed by atoms with van der Waals surface area (Å²) in [6, 6.07) is 7.93. The average Bonchev–Trinajstić information content (AvgIpc) is 3.60. The molecule has 10 heteroatoms. The van der Waals surface area contributed by atoms with Crippen molar-refractivity contribution in [3.05, 3.63) is 67.3 Å². The Morgan fingerprint density at radius 3 is 2.62 bits per heavy atom. The zero-order valence-corrected chi connectivity index (χ0v) is 20.9. The van der Waals surface area contributed by atoms with E-state index in [1.165, 1.54) is 0 Å². The first-order chi connectivity index (χ1) is 17.8. The van der Waals surface area contributed by atoms with Gasteiger partial charge in [-0.15, -0.1) is 0 Å². The Hall–Kier alpha value is -4.86. The number of nitrogens with one attached hydrogen (secondary N) is 3. The first-order valence-electron chi connectivity index (χ1n) is 11.9. The summed E-state index contributed by atoms with van der Waals surface area (Å²) >= 11 is 0. The molecule has 0 aliphatic heterocycles. The molecule has 0 saturated heterocycles. The first-order valence-corrected chi connectivity index (χ1v) is 11.9. The van der Waals surface area contributed by atoms with Gasteiger partial charge in [-0.25, -0.2) is 15.0 Å². The van der Waals surface area contributed by atoms with E-state index in [9.17, 15) is 4.79 Å². The van der Waals surface area contributed by atoms with Crippen LogP contribution in [0, 0.1) is 12.3 Å². The summed E-state index contributed by atoms with van der Waals surface area (Å²) in [7, 11) is 0. The molecule has 0 bridgehead atoms. The van der Waals surface area contributed by atoms with E-state index < -0.39 is 5.41 Å². The van der Waals surface area contributed by atoms with Gasteiger partial charge in [-0.3, -0.25) is 14.9 Å². The summed E-state index contributed by atoms with van der Waals surface area (Å²) in [4.78, 5) is 33.6. The number of nitrogens with zero attached hydrogens (tertiary/aromatic N) is 6. The molecule has 6 aromatic rings. The standard InChI is InChI=1S/C27H25N9O/c1-15-13-36(14-31-15)22-5-6-29-24-19(22)9-21(33-24)23-20-8-17(11-30-25(20)35-34-23)16-7-18(12-28-10-16)32-26(37)27(2,3)4/h5-14H,1-4H3,(H,29,33)(H,32,37)(H,30,34,35). The average molecular weight is 492 g/mol. The number of carbonyl (C=O) groups is 1. The Bertz CT molecular complexity index is 1780. The molecule has 37 heavy (non-hydrogen) atoms. The SMILES string of the molecule is Cc1cn(-c2ccnc3[nH]c(-c4[nH]nc5ncc(-c6cncc(NC(=O)C(C)(C)C)c6)cc45)cc23)cn1. The summed E-state index contributed by atoms with van der Waals surface area (Å²) in [5.41, 5.74) is 6.76. The molecule has 10 nitrogen and oxygen atoms in total. The van der Waals surface area contributed by atoms with Crippen LogP contribution >= 0.6 is 0 Å². The second-order valence-corrected chi connectivity index (χ2v) is 10.1. The van der Waals surface area contributed by atoms with Gasteiger partial charge in [-0.05, 0) is 31.2 Å². The Balaban J connectivity index is 1.40. The second-order valence-electron chi connectivity index (χ2n) is 10.1. The fourth-order valence-corrected chi connectivity index (χ4v) is 4.17. The number of amides is 1. The molecular weight excluding hydrogens is 466 g/mol. The number of aryl methyl sites for hydroxylation is 1. The molecule has 0 aliphatic rings. The molecule has 0 unspecified atom stereocenters. The van der Waals surface area contributed by atoms with Gasteiger partial charge in [-0.1, -0.05) is 20.8 Å². The summed E-state index contributed by atoms with van der Waals surface area (Å²) in [6.45, 7) is 7.58. The second kappa shape index (κ2) is 8.37. The lowest BCUT2D eigenvalue weighted by Crippen LogP contribution is -2.27. The van der Waals surface area contributed by atoms with Crippen molar-refractivity contribution in [1.82, 2.24) is 39.7 Å². The van der Waals surface area contributed by atoms with Crippen LogP contribution in [0.25, 0.3) is 50.3 Å². The highest BCUT2D eigenvalue weighted by Crippen LogP contribution is 2.32. The monoisotopic (exact) mass is 491 g/mol. The third-order valence-corrected chi connectivity index (χ3v) is 6.19. The lowest BCUT2D eigenvalue weighted by molar-refractivity contribution is -0.123. The molecule has 0 saturated carbocycles. The van der Waals surface area contributed by atoms with E-state index >= 15 is 0 Å². The van der Waals surface area contributed by atoms with Crippen LogP contribution in [-0.2, 0) is 4.79 Å². The van der Waals surface area contributed by atoms with Crippen LogP contribution in [0.3, 0.4) is 0 Å². The molecule has 0 aromatic carbocycles. The van der Waals surface area contributed by atoms with Crippen LogP contribution < -0.4 is 5.32 Å². The number of H-pyrrole nitrogens is 2. The smallest absolute Gasteiger partial charge is 0.229 e. The first kappa shape index (κ1) is 22.6. The number of rotatable bonds is 4. The van der Waals surface area contributed by atoms with Gasteiger partial charge in [0.25, 0.3) is 0 Å². The fraction of sp³-hybridized carbons (Fsp3) is 0.185. The van der Waals surface area contributed by atoms with Gasteiger partial charge in [0.05, 0.1) is 41.0 Å². The predicted molar refractivity (Wildman–Crippen MR) is 142 cm³/mol. The topological polar surface area (TPSA) is 130 Å². The van der Waals surface area contributed by atoms with Crippen molar-refractivity contribution >= 4 is 33.7 Å². The maximum absolute atomic E-state index is 12.4. The lowest BCUT2D eigenvalue weighted by atomic mass is 9.95. The number of aromatic amines is 2. The molecule has 0 fully saturated rings. The molecule has 0 aliphatic carbocycles. The maximum atomic E-state index is 12.4. The van der Waals surface area contributed by atoms with Crippen LogP contribution in [-0.4, -0.2) is 45.6 Å². The number of hydrogen-bond donors (Lipinski definition) is 3. The summed E-state index contributed by atoms with van der Waals surface area (Å²) in [5, 5.41) is 12.3. The molecule has 0 radical (unpaired) electrons. The summed E-state index contributed by atoms with van der Waals surface area (Å²) in [5.74, 6) is -0.0743. The van der Waals surface area contributed by atoms with E-state index in [1.54, 1.807) is 31.1 Å². The Labute approximate surface area is 212 Å². The van der Waals surface area contributed by atoms with Crippen LogP contribution in [0.15, 0.2) is 61.6 Å². The number of anilines is 1. The van der Waals surface area contributed by atoms with Crippen LogP contribution in [0.5, 0.6) is 0 Å². The molecular formula is C27H25N9O. The summed E-state index contributed by atoms with van der Waals surface area (Å²) in [6.07, 6.45) is 10.7.